The number of guanidine groups is 1. The summed E-state index contributed by atoms with van der Waals surface area (Å²) in [6.45, 7) is 1.19. The minimum Gasteiger partial charge on any atom is -0.484 e. The molecule has 4 nitrogen and oxygen atoms in total. The quantitative estimate of drug-likeness (QED) is 0.417. The second-order valence-corrected chi connectivity index (χ2v) is 5.40. The fourth-order valence-electron chi connectivity index (χ4n) is 2.02. The summed E-state index contributed by atoms with van der Waals surface area (Å²) < 4.78 is 41.6. The molecule has 0 radical (unpaired) electrons. The molecule has 0 amide bonds. The van der Waals surface area contributed by atoms with Crippen LogP contribution in [0.2, 0.25) is 0 Å². The van der Waals surface area contributed by atoms with Crippen molar-refractivity contribution in [3.8, 4) is 5.75 Å². The third-order valence-corrected chi connectivity index (χ3v) is 3.47. The Hall–Kier alpha value is -1.19. The molecule has 0 heterocycles. The summed E-state index contributed by atoms with van der Waals surface area (Å²) in [5.41, 5.74) is 0.651. The van der Waals surface area contributed by atoms with Crippen molar-refractivity contribution in [3.63, 3.8) is 0 Å². The van der Waals surface area contributed by atoms with Gasteiger partial charge in [0.05, 0.1) is 0 Å². The van der Waals surface area contributed by atoms with Crippen molar-refractivity contribution in [2.24, 2.45) is 10.9 Å². The van der Waals surface area contributed by atoms with Gasteiger partial charge in [0, 0.05) is 25.2 Å². The molecule has 0 spiro atoms. The molecule has 2 atom stereocenters. The van der Waals surface area contributed by atoms with Crippen LogP contribution < -0.4 is 15.4 Å². The van der Waals surface area contributed by atoms with Crippen molar-refractivity contribution in [2.75, 3.05) is 13.7 Å². The summed E-state index contributed by atoms with van der Waals surface area (Å²) in [5, 5.41) is 6.35. The molecule has 23 heavy (non-hydrogen) atoms. The van der Waals surface area contributed by atoms with Crippen LogP contribution in [-0.2, 0) is 6.54 Å². The van der Waals surface area contributed by atoms with E-state index in [1.807, 2.05) is 0 Å². The highest BCUT2D eigenvalue weighted by Crippen LogP contribution is 2.28. The Bertz CT molecular complexity index is 537. The van der Waals surface area contributed by atoms with E-state index in [2.05, 4.69) is 22.5 Å². The number of ether oxygens (including phenoxy) is 1. The van der Waals surface area contributed by atoms with E-state index in [1.165, 1.54) is 6.07 Å². The monoisotopic (exact) mass is 443 g/mol. The van der Waals surface area contributed by atoms with Crippen LogP contribution in [0.5, 0.6) is 5.75 Å². The van der Waals surface area contributed by atoms with Crippen molar-refractivity contribution in [3.05, 3.63) is 29.8 Å². The molecule has 2 N–H and O–H groups in total. The van der Waals surface area contributed by atoms with Crippen molar-refractivity contribution in [1.82, 2.24) is 10.6 Å². The largest absolute Gasteiger partial charge is 0.484 e. The third kappa shape index (κ3) is 6.84. The van der Waals surface area contributed by atoms with E-state index in [9.17, 15) is 13.2 Å². The van der Waals surface area contributed by atoms with Crippen LogP contribution in [0, 0.1) is 5.92 Å². The van der Waals surface area contributed by atoms with Crippen molar-refractivity contribution in [1.29, 1.82) is 0 Å². The first kappa shape index (κ1) is 19.9. The summed E-state index contributed by atoms with van der Waals surface area (Å²) in [4.78, 5) is 4.11. The number of aliphatic imine (C=N–C) groups is 1. The van der Waals surface area contributed by atoms with Crippen LogP contribution in [0.4, 0.5) is 13.2 Å². The fraction of sp³-hybridized carbons (Fsp3) is 0.533. The number of para-hydroxylation sites is 1. The Kier molecular flexibility index (Phi) is 7.43. The maximum absolute atomic E-state index is 12.3. The Morgan fingerprint density at radius 1 is 1.35 bits per heavy atom. The molecule has 1 fully saturated rings. The number of halogens is 4. The molecule has 0 aliphatic heterocycles. The molecule has 0 aromatic heterocycles. The Labute approximate surface area is 150 Å². The first-order chi connectivity index (χ1) is 10.4. The topological polar surface area (TPSA) is 45.7 Å². The van der Waals surface area contributed by atoms with Crippen LogP contribution in [-0.4, -0.2) is 31.8 Å². The zero-order valence-electron chi connectivity index (χ0n) is 13.0. The zero-order valence-corrected chi connectivity index (χ0v) is 15.3. The second kappa shape index (κ2) is 8.60. The van der Waals surface area contributed by atoms with Gasteiger partial charge in [-0.15, -0.1) is 24.0 Å². The minimum absolute atomic E-state index is 0. The van der Waals surface area contributed by atoms with E-state index >= 15 is 0 Å². The van der Waals surface area contributed by atoms with E-state index in [0.717, 1.165) is 6.42 Å². The standard InChI is InChI=1S/C15H20F3N3O.HI/c1-10-7-12(10)21-14(19-2)20-8-11-5-3-4-6-13(11)22-9-15(16,17)18;/h3-6,10,12H,7-9H2,1-2H3,(H2,19,20,21);1H. The summed E-state index contributed by atoms with van der Waals surface area (Å²) in [6.07, 6.45) is -3.24. The lowest BCUT2D eigenvalue weighted by Crippen LogP contribution is -2.38. The van der Waals surface area contributed by atoms with Gasteiger partial charge < -0.3 is 15.4 Å². The molecule has 2 rings (SSSR count). The minimum atomic E-state index is -4.35. The van der Waals surface area contributed by atoms with Gasteiger partial charge in [-0.25, -0.2) is 0 Å². The van der Waals surface area contributed by atoms with Crippen LogP contribution in [0.15, 0.2) is 29.3 Å². The lowest BCUT2D eigenvalue weighted by atomic mass is 10.2. The van der Waals surface area contributed by atoms with E-state index in [1.54, 1.807) is 25.2 Å². The lowest BCUT2D eigenvalue weighted by molar-refractivity contribution is -0.153. The molecule has 0 saturated heterocycles. The highest BCUT2D eigenvalue weighted by molar-refractivity contribution is 14.0. The molecule has 1 aromatic rings. The van der Waals surface area contributed by atoms with Gasteiger partial charge in [-0.2, -0.15) is 13.2 Å². The first-order valence-electron chi connectivity index (χ1n) is 7.13. The Morgan fingerprint density at radius 3 is 2.57 bits per heavy atom. The molecule has 130 valence electrons. The molecule has 1 aromatic carbocycles. The lowest BCUT2D eigenvalue weighted by Gasteiger charge is -2.15. The summed E-state index contributed by atoms with van der Waals surface area (Å²) in [6, 6.07) is 7.08. The van der Waals surface area contributed by atoms with Crippen LogP contribution in [0.25, 0.3) is 0 Å². The molecule has 0 bridgehead atoms. The SMILES string of the molecule is CN=C(NCc1ccccc1OCC(F)(F)F)NC1CC1C.I. The summed E-state index contributed by atoms with van der Waals surface area (Å²) >= 11 is 0. The summed E-state index contributed by atoms with van der Waals surface area (Å²) in [5.74, 6) is 1.49. The van der Waals surface area contributed by atoms with Gasteiger partial charge in [0.1, 0.15) is 5.75 Å². The molecule has 8 heteroatoms. The first-order valence-corrected chi connectivity index (χ1v) is 7.13. The number of benzene rings is 1. The van der Waals surface area contributed by atoms with E-state index in [0.29, 0.717) is 30.0 Å². The number of nitrogens with one attached hydrogen (secondary N) is 2. The molecular weight excluding hydrogens is 422 g/mol. The van der Waals surface area contributed by atoms with Crippen LogP contribution in [0.1, 0.15) is 18.9 Å². The zero-order chi connectivity index (χ0) is 16.2. The molecule has 1 aliphatic rings. The number of alkyl halides is 3. The smallest absolute Gasteiger partial charge is 0.422 e. The second-order valence-electron chi connectivity index (χ2n) is 5.40. The highest BCUT2D eigenvalue weighted by Gasteiger charge is 2.33. The van der Waals surface area contributed by atoms with Crippen LogP contribution in [0.3, 0.4) is 0 Å². The van der Waals surface area contributed by atoms with E-state index in [-0.39, 0.29) is 29.7 Å². The predicted molar refractivity (Wildman–Crippen MR) is 94.3 cm³/mol. The number of hydrogen-bond acceptors (Lipinski definition) is 2. The molecule has 1 saturated carbocycles. The van der Waals surface area contributed by atoms with Gasteiger partial charge >= 0.3 is 6.18 Å². The van der Waals surface area contributed by atoms with Crippen LogP contribution >= 0.6 is 24.0 Å². The summed E-state index contributed by atoms with van der Waals surface area (Å²) in [7, 11) is 1.66. The Balaban J connectivity index is 0.00000264. The number of rotatable bonds is 5. The maximum atomic E-state index is 12.3. The van der Waals surface area contributed by atoms with Gasteiger partial charge in [0.25, 0.3) is 0 Å². The van der Waals surface area contributed by atoms with Crippen molar-refractivity contribution in [2.45, 2.75) is 32.1 Å². The van der Waals surface area contributed by atoms with Gasteiger partial charge in [-0.05, 0) is 18.4 Å². The fourth-order valence-corrected chi connectivity index (χ4v) is 2.02. The normalized spacial score (nSPS) is 20.5. The van der Waals surface area contributed by atoms with E-state index < -0.39 is 12.8 Å². The van der Waals surface area contributed by atoms with Gasteiger partial charge in [-0.3, -0.25) is 4.99 Å². The average molecular weight is 443 g/mol. The number of nitrogens with zero attached hydrogens (tertiary/aromatic N) is 1. The average Bonchev–Trinajstić information content (AvgIpc) is 3.16. The van der Waals surface area contributed by atoms with Gasteiger partial charge in [0.15, 0.2) is 12.6 Å². The third-order valence-electron chi connectivity index (χ3n) is 3.47. The van der Waals surface area contributed by atoms with Gasteiger partial charge in [0.2, 0.25) is 0 Å². The molecule has 2 unspecified atom stereocenters. The maximum Gasteiger partial charge on any atom is 0.422 e. The Morgan fingerprint density at radius 2 is 2.00 bits per heavy atom. The van der Waals surface area contributed by atoms with Crippen molar-refractivity contribution >= 4 is 29.9 Å². The molecule has 1 aliphatic carbocycles. The molecular formula is C15H21F3IN3O. The number of hydrogen-bond donors (Lipinski definition) is 2. The highest BCUT2D eigenvalue weighted by atomic mass is 127. The van der Waals surface area contributed by atoms with Gasteiger partial charge in [-0.1, -0.05) is 25.1 Å². The predicted octanol–water partition coefficient (Wildman–Crippen LogP) is 3.32. The van der Waals surface area contributed by atoms with Crippen molar-refractivity contribution < 1.29 is 17.9 Å². The van der Waals surface area contributed by atoms with E-state index in [4.69, 9.17) is 4.74 Å².